The smallest absolute Gasteiger partial charge is 0.00675 e. The van der Waals surface area contributed by atoms with Crippen LogP contribution in [0, 0.1) is 0 Å². The molecule has 1 unspecified atom stereocenters. The van der Waals surface area contributed by atoms with E-state index in [1.165, 1.54) is 31.8 Å². The van der Waals surface area contributed by atoms with E-state index in [1.807, 2.05) is 0 Å². The van der Waals surface area contributed by atoms with Gasteiger partial charge in [-0.2, -0.15) is 0 Å². The van der Waals surface area contributed by atoms with E-state index in [0.29, 0.717) is 0 Å². The predicted octanol–water partition coefficient (Wildman–Crippen LogP) is 6.36. The largest absolute Gasteiger partial charge is 0.0870 e. The van der Waals surface area contributed by atoms with E-state index in [-0.39, 0.29) is 0 Å². The molecule has 4 aromatic carbocycles. The highest BCUT2D eigenvalue weighted by Crippen LogP contribution is 2.45. The third-order valence-electron chi connectivity index (χ3n) is 5.30. The summed E-state index contributed by atoms with van der Waals surface area (Å²) in [5, 5.41) is 8.43. The maximum absolute atomic E-state index is 2.35. The second kappa shape index (κ2) is 11.2. The van der Waals surface area contributed by atoms with Gasteiger partial charge in [-0.05, 0) is 61.5 Å². The first-order chi connectivity index (χ1) is 15.8. The van der Waals surface area contributed by atoms with Crippen molar-refractivity contribution in [1.29, 1.82) is 0 Å². The average molecular weight is 451 g/mol. The minimum atomic E-state index is -0.664. The van der Waals surface area contributed by atoms with Gasteiger partial charge in [-0.1, -0.05) is 133 Å². The lowest BCUT2D eigenvalue weighted by Gasteiger charge is -2.27. The fourth-order valence-electron chi connectivity index (χ4n) is 3.90. The number of rotatable bonds is 7. The molecule has 0 fully saturated rings. The van der Waals surface area contributed by atoms with Crippen molar-refractivity contribution in [2.45, 2.75) is 13.8 Å². The predicted molar refractivity (Wildman–Crippen MR) is 146 cm³/mol. The van der Waals surface area contributed by atoms with Crippen LogP contribution >= 0.6 is 15.8 Å². The highest BCUT2D eigenvalue weighted by Gasteiger charge is 2.25. The second-order valence-corrected chi connectivity index (χ2v) is 11.8. The lowest BCUT2D eigenvalue weighted by Crippen LogP contribution is -2.32. The van der Waals surface area contributed by atoms with Gasteiger partial charge in [0.25, 0.3) is 0 Å². The van der Waals surface area contributed by atoms with Crippen LogP contribution in [0.15, 0.2) is 139 Å². The Balaban J connectivity index is 1.97. The molecular formula is C30H28P2. The van der Waals surface area contributed by atoms with Crippen molar-refractivity contribution >= 4 is 42.4 Å². The van der Waals surface area contributed by atoms with Gasteiger partial charge in [0, 0.05) is 0 Å². The first-order valence-corrected chi connectivity index (χ1v) is 13.6. The second-order valence-electron chi connectivity index (χ2n) is 7.38. The Kier molecular flexibility index (Phi) is 7.84. The first-order valence-electron chi connectivity index (χ1n) is 11.0. The molecule has 0 radical (unpaired) electrons. The van der Waals surface area contributed by atoms with Crippen LogP contribution in [0.5, 0.6) is 0 Å². The topological polar surface area (TPSA) is 0 Å². The minimum absolute atomic E-state index is 0.664. The van der Waals surface area contributed by atoms with Crippen LogP contribution in [-0.2, 0) is 0 Å². The number of allylic oxidation sites excluding steroid dienone is 4. The molecule has 0 amide bonds. The summed E-state index contributed by atoms with van der Waals surface area (Å²) in [6.07, 6.45) is 6.72. The zero-order valence-corrected chi connectivity index (χ0v) is 20.4. The van der Waals surface area contributed by atoms with Gasteiger partial charge < -0.3 is 0 Å². The van der Waals surface area contributed by atoms with E-state index >= 15 is 0 Å². The van der Waals surface area contributed by atoms with E-state index in [9.17, 15) is 0 Å². The van der Waals surface area contributed by atoms with Crippen LogP contribution < -0.4 is 26.5 Å². The van der Waals surface area contributed by atoms with Crippen molar-refractivity contribution in [3.63, 3.8) is 0 Å². The molecule has 158 valence electrons. The highest BCUT2D eigenvalue weighted by atomic mass is 31.1. The minimum Gasteiger partial charge on any atom is -0.0870 e. The molecule has 0 saturated carbocycles. The Morgan fingerprint density at radius 2 is 0.969 bits per heavy atom. The zero-order chi connectivity index (χ0) is 22.2. The van der Waals surface area contributed by atoms with Gasteiger partial charge in [0.1, 0.15) is 0 Å². The molecule has 0 aliphatic heterocycles. The third-order valence-corrected chi connectivity index (χ3v) is 10.6. The van der Waals surface area contributed by atoms with E-state index in [0.717, 1.165) is 0 Å². The third kappa shape index (κ3) is 4.99. The maximum Gasteiger partial charge on any atom is -0.00675 e. The molecule has 0 heterocycles. The van der Waals surface area contributed by atoms with Gasteiger partial charge in [0.15, 0.2) is 0 Å². The van der Waals surface area contributed by atoms with Crippen LogP contribution in [0.25, 0.3) is 0 Å². The quantitative estimate of drug-likeness (QED) is 0.227. The molecule has 32 heavy (non-hydrogen) atoms. The Hall–Kier alpha value is -2.78. The zero-order valence-electron chi connectivity index (χ0n) is 18.6. The first kappa shape index (κ1) is 22.4. The Bertz CT molecular complexity index is 1140. The van der Waals surface area contributed by atoms with E-state index < -0.39 is 15.8 Å². The summed E-state index contributed by atoms with van der Waals surface area (Å²) in [4.78, 5) is 0. The Morgan fingerprint density at radius 3 is 1.44 bits per heavy atom. The molecule has 0 aliphatic carbocycles. The van der Waals surface area contributed by atoms with Gasteiger partial charge in [-0.3, -0.25) is 0 Å². The lowest BCUT2D eigenvalue weighted by atomic mass is 10.3. The SMILES string of the molecule is C/C=C\C(=C/C)P(c1ccccc1)c1ccccc1P(c1ccccc1)c1ccccc1. The molecule has 0 aliphatic rings. The van der Waals surface area contributed by atoms with Gasteiger partial charge in [0.2, 0.25) is 0 Å². The molecule has 0 nitrogen and oxygen atoms in total. The molecule has 4 rings (SSSR count). The molecule has 0 bridgehead atoms. The number of hydrogen-bond acceptors (Lipinski definition) is 0. The monoisotopic (exact) mass is 450 g/mol. The molecule has 0 aromatic heterocycles. The van der Waals surface area contributed by atoms with Gasteiger partial charge >= 0.3 is 0 Å². The summed E-state index contributed by atoms with van der Waals surface area (Å²) in [5.74, 6) is 0. The molecule has 2 heteroatoms. The van der Waals surface area contributed by atoms with Crippen molar-refractivity contribution < 1.29 is 0 Å². The van der Waals surface area contributed by atoms with Crippen LogP contribution in [0.3, 0.4) is 0 Å². The van der Waals surface area contributed by atoms with Gasteiger partial charge in [0.05, 0.1) is 0 Å². The normalized spacial score (nSPS) is 12.9. The molecule has 4 aromatic rings. The van der Waals surface area contributed by atoms with E-state index in [4.69, 9.17) is 0 Å². The van der Waals surface area contributed by atoms with Crippen molar-refractivity contribution in [3.8, 4) is 0 Å². The Morgan fingerprint density at radius 1 is 0.531 bits per heavy atom. The summed E-state index contributed by atoms with van der Waals surface area (Å²) < 4.78 is 0. The fourth-order valence-corrected chi connectivity index (χ4v) is 9.25. The van der Waals surface area contributed by atoms with E-state index in [1.54, 1.807) is 0 Å². The van der Waals surface area contributed by atoms with E-state index in [2.05, 4.69) is 147 Å². The van der Waals surface area contributed by atoms with Crippen LogP contribution in [-0.4, -0.2) is 0 Å². The molecule has 0 N–H and O–H groups in total. The van der Waals surface area contributed by atoms with Crippen molar-refractivity contribution in [2.24, 2.45) is 0 Å². The summed E-state index contributed by atoms with van der Waals surface area (Å²) in [6, 6.07) is 42.1. The van der Waals surface area contributed by atoms with Crippen molar-refractivity contribution in [2.75, 3.05) is 0 Å². The summed E-state index contributed by atoms with van der Waals surface area (Å²) in [5.41, 5.74) is 0. The average Bonchev–Trinajstić information content (AvgIpc) is 2.87. The highest BCUT2D eigenvalue weighted by molar-refractivity contribution is 7.84. The van der Waals surface area contributed by atoms with Crippen molar-refractivity contribution in [3.05, 3.63) is 139 Å². The summed E-state index contributed by atoms with van der Waals surface area (Å²) in [6.45, 7) is 4.27. The summed E-state index contributed by atoms with van der Waals surface area (Å²) in [7, 11) is -1.33. The lowest BCUT2D eigenvalue weighted by molar-refractivity contribution is 1.65. The molecular weight excluding hydrogens is 422 g/mol. The van der Waals surface area contributed by atoms with Gasteiger partial charge in [-0.25, -0.2) is 0 Å². The van der Waals surface area contributed by atoms with Crippen molar-refractivity contribution in [1.82, 2.24) is 0 Å². The standard InChI is InChI=1S/C30H28P2/c1-3-16-25(4-2)31(26-17-8-5-9-18-26)29-23-14-15-24-30(29)32(27-19-10-6-11-20-27)28-21-12-7-13-22-28/h3-24H,1-2H3/b16-3-,25-4+. The molecule has 0 spiro atoms. The molecule has 1 atom stereocenters. The summed E-state index contributed by atoms with van der Waals surface area (Å²) >= 11 is 0. The fraction of sp³-hybridized carbons (Fsp3) is 0.0667. The number of benzene rings is 4. The van der Waals surface area contributed by atoms with Gasteiger partial charge in [-0.15, -0.1) is 0 Å². The maximum atomic E-state index is 2.35. The van der Waals surface area contributed by atoms with Crippen LogP contribution in [0.2, 0.25) is 0 Å². The molecule has 0 saturated heterocycles. The number of hydrogen-bond donors (Lipinski definition) is 0. The Labute approximate surface area is 194 Å². The van der Waals surface area contributed by atoms with Crippen LogP contribution in [0.4, 0.5) is 0 Å². The van der Waals surface area contributed by atoms with Crippen LogP contribution in [0.1, 0.15) is 13.8 Å².